The van der Waals surface area contributed by atoms with Gasteiger partial charge in [0.1, 0.15) is 5.82 Å². The molecule has 0 aliphatic carbocycles. The Balaban J connectivity index is 2.26. The molecule has 0 saturated heterocycles. The van der Waals surface area contributed by atoms with Gasteiger partial charge in [-0.15, -0.1) is 0 Å². The topological polar surface area (TPSA) is 24.5 Å². The predicted molar refractivity (Wildman–Crippen MR) is 72.2 cm³/mol. The number of aryl methyl sites for hydroxylation is 1. The number of hydrogen-bond acceptors (Lipinski definition) is 3. The molecule has 0 heterocycles. The fraction of sp³-hybridized carbons (Fsp3) is 0.571. The van der Waals surface area contributed by atoms with E-state index in [4.69, 9.17) is 4.74 Å². The van der Waals surface area contributed by atoms with E-state index in [2.05, 4.69) is 17.3 Å². The maximum atomic E-state index is 13.1. The SMILES string of the molecule is COCCNCCN(C)Cc1ccc(F)c(C)c1. The minimum Gasteiger partial charge on any atom is -0.383 e. The van der Waals surface area contributed by atoms with Crippen LogP contribution in [0.25, 0.3) is 0 Å². The van der Waals surface area contributed by atoms with Gasteiger partial charge in [-0.1, -0.05) is 12.1 Å². The number of rotatable bonds is 8. The van der Waals surface area contributed by atoms with Gasteiger partial charge < -0.3 is 15.0 Å². The summed E-state index contributed by atoms with van der Waals surface area (Å²) in [7, 11) is 3.77. The summed E-state index contributed by atoms with van der Waals surface area (Å²) >= 11 is 0. The zero-order valence-corrected chi connectivity index (χ0v) is 11.5. The third kappa shape index (κ3) is 5.58. The zero-order valence-electron chi connectivity index (χ0n) is 11.5. The van der Waals surface area contributed by atoms with Gasteiger partial charge in [0, 0.05) is 33.3 Å². The van der Waals surface area contributed by atoms with Crippen LogP contribution in [0.4, 0.5) is 4.39 Å². The van der Waals surface area contributed by atoms with Gasteiger partial charge in [-0.05, 0) is 31.2 Å². The predicted octanol–water partition coefficient (Wildman–Crippen LogP) is 1.80. The summed E-state index contributed by atoms with van der Waals surface area (Å²) in [5.41, 5.74) is 1.85. The number of ether oxygens (including phenoxy) is 1. The highest BCUT2D eigenvalue weighted by molar-refractivity contribution is 5.23. The van der Waals surface area contributed by atoms with Crippen molar-refractivity contribution in [2.24, 2.45) is 0 Å². The molecule has 0 radical (unpaired) electrons. The molecular weight excluding hydrogens is 231 g/mol. The molecule has 0 unspecified atom stereocenters. The highest BCUT2D eigenvalue weighted by Crippen LogP contribution is 2.10. The molecule has 0 aromatic heterocycles. The van der Waals surface area contributed by atoms with Crippen LogP contribution >= 0.6 is 0 Å². The van der Waals surface area contributed by atoms with Gasteiger partial charge in [0.2, 0.25) is 0 Å². The second-order valence-corrected chi connectivity index (χ2v) is 4.56. The van der Waals surface area contributed by atoms with Crippen LogP contribution in [0.2, 0.25) is 0 Å². The van der Waals surface area contributed by atoms with E-state index < -0.39 is 0 Å². The summed E-state index contributed by atoms with van der Waals surface area (Å²) in [6.45, 7) is 6.14. The average molecular weight is 254 g/mol. The fourth-order valence-electron chi connectivity index (χ4n) is 1.77. The summed E-state index contributed by atoms with van der Waals surface area (Å²) < 4.78 is 18.1. The van der Waals surface area contributed by atoms with Crippen molar-refractivity contribution in [2.75, 3.05) is 40.4 Å². The van der Waals surface area contributed by atoms with Gasteiger partial charge >= 0.3 is 0 Å². The van der Waals surface area contributed by atoms with Crippen molar-refractivity contribution in [1.82, 2.24) is 10.2 Å². The van der Waals surface area contributed by atoms with Gasteiger partial charge in [-0.3, -0.25) is 0 Å². The lowest BCUT2D eigenvalue weighted by atomic mass is 10.1. The Morgan fingerprint density at radius 1 is 1.33 bits per heavy atom. The van der Waals surface area contributed by atoms with Crippen molar-refractivity contribution < 1.29 is 9.13 Å². The molecule has 0 saturated carbocycles. The molecule has 1 aromatic carbocycles. The standard InChI is InChI=1S/C14H23FN2O/c1-12-10-13(4-5-14(12)15)11-17(2)8-6-16-7-9-18-3/h4-5,10,16H,6-9,11H2,1-3H3. The first kappa shape index (κ1) is 15.1. The Morgan fingerprint density at radius 3 is 2.78 bits per heavy atom. The molecule has 18 heavy (non-hydrogen) atoms. The van der Waals surface area contributed by atoms with Crippen LogP contribution in [-0.4, -0.2) is 45.3 Å². The molecule has 1 N–H and O–H groups in total. The van der Waals surface area contributed by atoms with Crippen LogP contribution in [0.1, 0.15) is 11.1 Å². The Labute approximate surface area is 109 Å². The Hall–Kier alpha value is -0.970. The molecule has 0 amide bonds. The number of likely N-dealkylation sites (N-methyl/N-ethyl adjacent to an activating group) is 1. The Bertz CT molecular complexity index is 358. The van der Waals surface area contributed by atoms with Crippen molar-refractivity contribution in [3.63, 3.8) is 0 Å². The Morgan fingerprint density at radius 2 is 2.11 bits per heavy atom. The quantitative estimate of drug-likeness (QED) is 0.716. The molecule has 3 nitrogen and oxygen atoms in total. The summed E-state index contributed by atoms with van der Waals surface area (Å²) in [6.07, 6.45) is 0. The van der Waals surface area contributed by atoms with Gasteiger partial charge in [0.15, 0.2) is 0 Å². The van der Waals surface area contributed by atoms with Crippen LogP contribution in [0.15, 0.2) is 18.2 Å². The Kier molecular flexibility index (Phi) is 6.86. The molecule has 1 rings (SSSR count). The molecule has 0 atom stereocenters. The second kappa shape index (κ2) is 8.19. The third-order valence-corrected chi connectivity index (χ3v) is 2.83. The van der Waals surface area contributed by atoms with Gasteiger partial charge in [-0.25, -0.2) is 4.39 Å². The van der Waals surface area contributed by atoms with E-state index in [1.165, 1.54) is 6.07 Å². The molecule has 0 spiro atoms. The fourth-order valence-corrected chi connectivity index (χ4v) is 1.77. The van der Waals surface area contributed by atoms with Crippen LogP contribution in [0.5, 0.6) is 0 Å². The van der Waals surface area contributed by atoms with E-state index in [0.29, 0.717) is 5.56 Å². The number of nitrogens with one attached hydrogen (secondary N) is 1. The van der Waals surface area contributed by atoms with Gasteiger partial charge in [-0.2, -0.15) is 0 Å². The smallest absolute Gasteiger partial charge is 0.126 e. The van der Waals surface area contributed by atoms with Crippen LogP contribution < -0.4 is 5.32 Å². The second-order valence-electron chi connectivity index (χ2n) is 4.56. The third-order valence-electron chi connectivity index (χ3n) is 2.83. The van der Waals surface area contributed by atoms with E-state index in [0.717, 1.165) is 38.3 Å². The first-order valence-corrected chi connectivity index (χ1v) is 6.26. The van der Waals surface area contributed by atoms with Crippen LogP contribution in [-0.2, 0) is 11.3 Å². The molecule has 0 aliphatic rings. The molecule has 4 heteroatoms. The molecule has 102 valence electrons. The summed E-state index contributed by atoms with van der Waals surface area (Å²) in [5, 5.41) is 3.30. The first-order chi connectivity index (χ1) is 8.63. The van der Waals surface area contributed by atoms with E-state index >= 15 is 0 Å². The largest absolute Gasteiger partial charge is 0.383 e. The van der Waals surface area contributed by atoms with Gasteiger partial charge in [0.25, 0.3) is 0 Å². The monoisotopic (exact) mass is 254 g/mol. The molecule has 0 fully saturated rings. The van der Waals surface area contributed by atoms with Crippen LogP contribution in [0.3, 0.4) is 0 Å². The number of methoxy groups -OCH3 is 1. The van der Waals surface area contributed by atoms with E-state index in [1.807, 2.05) is 12.1 Å². The zero-order chi connectivity index (χ0) is 13.4. The number of nitrogens with zero attached hydrogens (tertiary/aromatic N) is 1. The van der Waals surface area contributed by atoms with E-state index in [1.54, 1.807) is 14.0 Å². The highest BCUT2D eigenvalue weighted by Gasteiger charge is 2.02. The lowest BCUT2D eigenvalue weighted by Gasteiger charge is -2.17. The van der Waals surface area contributed by atoms with Crippen molar-refractivity contribution in [3.05, 3.63) is 35.1 Å². The van der Waals surface area contributed by atoms with Crippen molar-refractivity contribution in [1.29, 1.82) is 0 Å². The first-order valence-electron chi connectivity index (χ1n) is 6.26. The minimum atomic E-state index is -0.136. The molecular formula is C14H23FN2O. The lowest BCUT2D eigenvalue weighted by Crippen LogP contribution is -2.30. The van der Waals surface area contributed by atoms with Crippen LogP contribution in [0, 0.1) is 12.7 Å². The number of benzene rings is 1. The summed E-state index contributed by atoms with van der Waals surface area (Å²) in [5.74, 6) is -0.136. The van der Waals surface area contributed by atoms with Crippen molar-refractivity contribution in [3.8, 4) is 0 Å². The summed E-state index contributed by atoms with van der Waals surface area (Å²) in [6, 6.07) is 5.29. The minimum absolute atomic E-state index is 0.136. The number of hydrogen-bond donors (Lipinski definition) is 1. The molecule has 0 bridgehead atoms. The van der Waals surface area contributed by atoms with Crippen molar-refractivity contribution >= 4 is 0 Å². The van der Waals surface area contributed by atoms with E-state index in [9.17, 15) is 4.39 Å². The molecule has 1 aromatic rings. The number of halogens is 1. The average Bonchev–Trinajstić information content (AvgIpc) is 2.34. The molecule has 0 aliphatic heterocycles. The van der Waals surface area contributed by atoms with Crippen molar-refractivity contribution in [2.45, 2.75) is 13.5 Å². The lowest BCUT2D eigenvalue weighted by molar-refractivity contribution is 0.197. The normalized spacial score (nSPS) is 11.2. The maximum absolute atomic E-state index is 13.1. The maximum Gasteiger partial charge on any atom is 0.126 e. The van der Waals surface area contributed by atoms with E-state index in [-0.39, 0.29) is 5.82 Å². The van der Waals surface area contributed by atoms with Gasteiger partial charge in [0.05, 0.1) is 6.61 Å². The summed E-state index contributed by atoms with van der Waals surface area (Å²) in [4.78, 5) is 2.21. The highest BCUT2D eigenvalue weighted by atomic mass is 19.1.